The largest absolute Gasteiger partial charge is 0.354 e. The molecule has 1 saturated heterocycles. The minimum absolute atomic E-state index is 0.0459. The number of rotatable bonds is 8. The number of hydrogen-bond donors (Lipinski definition) is 1. The standard InChI is InChI=1S/C19H27FN2O2S/c1-3-5-6-11-21-18(24)16-13-25-19(22(16)17(23)8-4-2)14-9-7-10-15(20)12-14/h7,9-10,12,16,19H,3-6,8,11,13H2,1-2H3,(H,21,24)/t16-,19+/m0/s1. The van der Waals surface area contributed by atoms with E-state index in [0.29, 0.717) is 18.7 Å². The number of hydrogen-bond acceptors (Lipinski definition) is 3. The van der Waals surface area contributed by atoms with Crippen molar-refractivity contribution < 1.29 is 14.0 Å². The number of unbranched alkanes of at least 4 members (excludes halogenated alkanes) is 2. The highest BCUT2D eigenvalue weighted by molar-refractivity contribution is 7.99. The van der Waals surface area contributed by atoms with Crippen LogP contribution in [0.4, 0.5) is 4.39 Å². The van der Waals surface area contributed by atoms with Crippen molar-refractivity contribution in [1.29, 1.82) is 0 Å². The Balaban J connectivity index is 2.13. The number of amides is 2. The second-order valence-corrected chi connectivity index (χ2v) is 7.42. The molecule has 25 heavy (non-hydrogen) atoms. The van der Waals surface area contributed by atoms with E-state index in [1.807, 2.05) is 13.0 Å². The molecule has 0 unspecified atom stereocenters. The van der Waals surface area contributed by atoms with E-state index in [1.54, 1.807) is 11.0 Å². The lowest BCUT2D eigenvalue weighted by molar-refractivity contribution is -0.139. The van der Waals surface area contributed by atoms with Crippen molar-refractivity contribution in [2.24, 2.45) is 0 Å². The van der Waals surface area contributed by atoms with Crippen LogP contribution in [0.3, 0.4) is 0 Å². The van der Waals surface area contributed by atoms with Crippen molar-refractivity contribution in [1.82, 2.24) is 10.2 Å². The Bertz CT molecular complexity index is 597. The number of benzene rings is 1. The van der Waals surface area contributed by atoms with Crippen LogP contribution in [0.2, 0.25) is 0 Å². The maximum Gasteiger partial charge on any atom is 0.243 e. The Hall–Kier alpha value is -1.56. The summed E-state index contributed by atoms with van der Waals surface area (Å²) in [5.74, 6) is 0.0619. The highest BCUT2D eigenvalue weighted by atomic mass is 32.2. The SMILES string of the molecule is CCCCCNC(=O)[C@@H]1CS[C@H](c2cccc(F)c2)N1C(=O)CCC. The second kappa shape index (κ2) is 9.80. The van der Waals surface area contributed by atoms with Gasteiger partial charge in [0.25, 0.3) is 0 Å². The average molecular weight is 367 g/mol. The lowest BCUT2D eigenvalue weighted by atomic mass is 10.1. The summed E-state index contributed by atoms with van der Waals surface area (Å²) in [6.07, 6.45) is 4.23. The van der Waals surface area contributed by atoms with Crippen molar-refractivity contribution >= 4 is 23.6 Å². The molecule has 1 fully saturated rings. The molecule has 138 valence electrons. The maximum absolute atomic E-state index is 13.6. The van der Waals surface area contributed by atoms with Crippen LogP contribution in [-0.4, -0.2) is 35.1 Å². The molecule has 0 radical (unpaired) electrons. The predicted molar refractivity (Wildman–Crippen MR) is 99.7 cm³/mol. The molecule has 1 aromatic rings. The first-order valence-corrected chi connectivity index (χ1v) is 10.1. The Morgan fingerprint density at radius 3 is 2.76 bits per heavy atom. The van der Waals surface area contributed by atoms with E-state index in [1.165, 1.54) is 23.9 Å². The first-order valence-electron chi connectivity index (χ1n) is 9.04. The van der Waals surface area contributed by atoms with Crippen LogP contribution in [0.15, 0.2) is 24.3 Å². The summed E-state index contributed by atoms with van der Waals surface area (Å²) < 4.78 is 13.6. The summed E-state index contributed by atoms with van der Waals surface area (Å²) in [6.45, 7) is 4.69. The normalized spacial score (nSPS) is 19.9. The van der Waals surface area contributed by atoms with Gasteiger partial charge in [0.1, 0.15) is 17.2 Å². The number of thioether (sulfide) groups is 1. The molecule has 2 rings (SSSR count). The van der Waals surface area contributed by atoms with E-state index >= 15 is 0 Å². The van der Waals surface area contributed by atoms with Gasteiger partial charge in [-0.1, -0.05) is 38.8 Å². The third-order valence-electron chi connectivity index (χ3n) is 4.27. The second-order valence-electron chi connectivity index (χ2n) is 6.31. The van der Waals surface area contributed by atoms with E-state index in [9.17, 15) is 14.0 Å². The average Bonchev–Trinajstić information content (AvgIpc) is 3.04. The summed E-state index contributed by atoms with van der Waals surface area (Å²) in [4.78, 5) is 26.9. The van der Waals surface area contributed by atoms with Gasteiger partial charge in [0.15, 0.2) is 0 Å². The molecule has 1 aliphatic heterocycles. The number of carbonyl (C=O) groups excluding carboxylic acids is 2. The molecule has 1 aromatic carbocycles. The van der Waals surface area contributed by atoms with Crippen molar-refractivity contribution in [3.05, 3.63) is 35.6 Å². The molecular weight excluding hydrogens is 339 g/mol. The van der Waals surface area contributed by atoms with Crippen molar-refractivity contribution in [2.45, 2.75) is 57.4 Å². The number of nitrogens with one attached hydrogen (secondary N) is 1. The molecule has 1 N–H and O–H groups in total. The van der Waals surface area contributed by atoms with Gasteiger partial charge in [0.2, 0.25) is 11.8 Å². The zero-order chi connectivity index (χ0) is 18.2. The van der Waals surface area contributed by atoms with Crippen molar-refractivity contribution in [3.63, 3.8) is 0 Å². The summed E-state index contributed by atoms with van der Waals surface area (Å²) in [6, 6.07) is 5.81. The monoisotopic (exact) mass is 366 g/mol. The van der Waals surface area contributed by atoms with Crippen LogP contribution in [0.25, 0.3) is 0 Å². The molecule has 0 bridgehead atoms. The van der Waals surface area contributed by atoms with Gasteiger partial charge < -0.3 is 10.2 Å². The molecule has 1 heterocycles. The Morgan fingerprint density at radius 1 is 1.28 bits per heavy atom. The first kappa shape index (κ1) is 19.8. The molecule has 0 saturated carbocycles. The lowest BCUT2D eigenvalue weighted by Crippen LogP contribution is -2.48. The highest BCUT2D eigenvalue weighted by Crippen LogP contribution is 2.42. The van der Waals surface area contributed by atoms with Crippen molar-refractivity contribution in [2.75, 3.05) is 12.3 Å². The van der Waals surface area contributed by atoms with E-state index in [-0.39, 0.29) is 23.0 Å². The van der Waals surface area contributed by atoms with Gasteiger partial charge in [-0.2, -0.15) is 0 Å². The molecule has 2 amide bonds. The van der Waals surface area contributed by atoms with Crippen LogP contribution in [-0.2, 0) is 9.59 Å². The fraction of sp³-hybridized carbons (Fsp3) is 0.579. The van der Waals surface area contributed by atoms with Gasteiger partial charge in [-0.05, 0) is 30.5 Å². The van der Waals surface area contributed by atoms with E-state index in [4.69, 9.17) is 0 Å². The fourth-order valence-electron chi connectivity index (χ4n) is 2.98. The Morgan fingerprint density at radius 2 is 2.08 bits per heavy atom. The molecule has 6 heteroatoms. The van der Waals surface area contributed by atoms with Gasteiger partial charge in [0, 0.05) is 18.7 Å². The highest BCUT2D eigenvalue weighted by Gasteiger charge is 2.41. The third kappa shape index (κ3) is 5.21. The smallest absolute Gasteiger partial charge is 0.243 e. The maximum atomic E-state index is 13.6. The molecule has 0 spiro atoms. The summed E-state index contributed by atoms with van der Waals surface area (Å²) in [5.41, 5.74) is 0.732. The van der Waals surface area contributed by atoms with Gasteiger partial charge in [-0.3, -0.25) is 9.59 Å². The van der Waals surface area contributed by atoms with Crippen molar-refractivity contribution in [3.8, 4) is 0 Å². The third-order valence-corrected chi connectivity index (χ3v) is 5.59. The molecule has 2 atom stereocenters. The van der Waals surface area contributed by atoms with Crippen LogP contribution < -0.4 is 5.32 Å². The Labute approximate surface area is 153 Å². The minimum Gasteiger partial charge on any atom is -0.354 e. The van der Waals surface area contributed by atoms with Gasteiger partial charge >= 0.3 is 0 Å². The first-order chi connectivity index (χ1) is 12.1. The summed E-state index contributed by atoms with van der Waals surface area (Å²) >= 11 is 1.52. The zero-order valence-corrected chi connectivity index (χ0v) is 15.8. The van der Waals surface area contributed by atoms with Crippen LogP contribution in [0.1, 0.15) is 56.9 Å². The predicted octanol–water partition coefficient (Wildman–Crippen LogP) is 3.87. The number of carbonyl (C=O) groups is 2. The van der Waals surface area contributed by atoms with Gasteiger partial charge in [-0.15, -0.1) is 11.8 Å². The quantitative estimate of drug-likeness (QED) is 0.711. The van der Waals surface area contributed by atoms with Gasteiger partial charge in [-0.25, -0.2) is 4.39 Å². The molecule has 0 aromatic heterocycles. The van der Waals surface area contributed by atoms with Crippen LogP contribution in [0.5, 0.6) is 0 Å². The number of halogens is 1. The molecule has 4 nitrogen and oxygen atoms in total. The van der Waals surface area contributed by atoms with Gasteiger partial charge in [0.05, 0.1) is 0 Å². The minimum atomic E-state index is -0.487. The zero-order valence-electron chi connectivity index (χ0n) is 15.0. The van der Waals surface area contributed by atoms with Crippen LogP contribution in [0, 0.1) is 5.82 Å². The summed E-state index contributed by atoms with van der Waals surface area (Å²) in [5, 5.41) is 2.65. The fourth-order valence-corrected chi connectivity index (χ4v) is 4.42. The Kier molecular flexibility index (Phi) is 7.75. The lowest BCUT2D eigenvalue weighted by Gasteiger charge is -2.29. The topological polar surface area (TPSA) is 49.4 Å². The molecule has 0 aliphatic carbocycles. The molecule has 1 aliphatic rings. The molecular formula is C19H27FN2O2S. The van der Waals surface area contributed by atoms with E-state index < -0.39 is 6.04 Å². The van der Waals surface area contributed by atoms with E-state index in [2.05, 4.69) is 12.2 Å². The number of nitrogens with zero attached hydrogens (tertiary/aromatic N) is 1. The summed E-state index contributed by atoms with van der Waals surface area (Å²) in [7, 11) is 0. The van der Waals surface area contributed by atoms with Crippen LogP contribution >= 0.6 is 11.8 Å². The van der Waals surface area contributed by atoms with E-state index in [0.717, 1.165) is 31.2 Å².